The number of ketones is 1. The van der Waals surface area contributed by atoms with Crippen molar-refractivity contribution in [1.82, 2.24) is 5.06 Å². The van der Waals surface area contributed by atoms with Gasteiger partial charge in [0, 0.05) is 13.0 Å². The van der Waals surface area contributed by atoms with Crippen LogP contribution in [0.3, 0.4) is 0 Å². The number of Topliss-reactive ketones (excluding diaryl/α,β-unsaturated/α-hetero) is 1. The van der Waals surface area contributed by atoms with Crippen LogP contribution in [0.4, 0.5) is 0 Å². The minimum absolute atomic E-state index is 0.0146. The van der Waals surface area contributed by atoms with Gasteiger partial charge in [0.25, 0.3) is 5.91 Å². The lowest BCUT2D eigenvalue weighted by Gasteiger charge is -2.14. The van der Waals surface area contributed by atoms with Crippen LogP contribution in [0.25, 0.3) is 0 Å². The molecule has 1 amide bonds. The topological polar surface area (TPSA) is 72.9 Å². The molecule has 0 saturated heterocycles. The Balaban J connectivity index is 4.15. The molecule has 0 N–H and O–H groups in total. The van der Waals surface area contributed by atoms with Gasteiger partial charge in [-0.15, -0.1) is 0 Å². The molecule has 0 aromatic carbocycles. The molecule has 0 bridgehead atoms. The van der Waals surface area contributed by atoms with Crippen LogP contribution in [0, 0.1) is 5.92 Å². The van der Waals surface area contributed by atoms with Crippen molar-refractivity contribution in [2.24, 2.45) is 5.92 Å². The Kier molecular flexibility index (Phi) is 6.32. The summed E-state index contributed by atoms with van der Waals surface area (Å²) in [4.78, 5) is 38.4. The first-order chi connectivity index (χ1) is 7.42. The summed E-state index contributed by atoms with van der Waals surface area (Å²) in [5.41, 5.74) is 0. The molecule has 0 aliphatic rings. The van der Waals surface area contributed by atoms with E-state index in [1.807, 2.05) is 0 Å². The lowest BCUT2D eigenvalue weighted by Crippen LogP contribution is -2.29. The number of methoxy groups -OCH3 is 1. The molecule has 0 unspecified atom stereocenters. The van der Waals surface area contributed by atoms with Crippen LogP contribution in [0.2, 0.25) is 0 Å². The summed E-state index contributed by atoms with van der Waals surface area (Å²) in [7, 11) is 4.00. The van der Waals surface area contributed by atoms with E-state index in [4.69, 9.17) is 0 Å². The molecule has 0 spiro atoms. The normalized spacial score (nSPS) is 11.8. The van der Waals surface area contributed by atoms with Gasteiger partial charge in [-0.3, -0.25) is 19.2 Å². The summed E-state index contributed by atoms with van der Waals surface area (Å²) >= 11 is 0. The highest BCUT2D eigenvalue weighted by Gasteiger charge is 2.21. The molecule has 92 valence electrons. The zero-order valence-corrected chi connectivity index (χ0v) is 9.98. The molecule has 1 atom stereocenters. The molecule has 0 aromatic rings. The van der Waals surface area contributed by atoms with E-state index in [1.165, 1.54) is 21.3 Å². The molecule has 0 heterocycles. The van der Waals surface area contributed by atoms with Crippen molar-refractivity contribution < 1.29 is 24.0 Å². The zero-order chi connectivity index (χ0) is 12.7. The number of hydrogen-bond acceptors (Lipinski definition) is 5. The molecule has 0 rings (SSSR count). The zero-order valence-electron chi connectivity index (χ0n) is 9.98. The summed E-state index contributed by atoms with van der Waals surface area (Å²) in [5.74, 6) is -1.74. The number of esters is 1. The summed E-state index contributed by atoms with van der Waals surface area (Å²) in [6, 6.07) is 0. The van der Waals surface area contributed by atoms with E-state index in [0.717, 1.165) is 5.06 Å². The van der Waals surface area contributed by atoms with Gasteiger partial charge in [0.1, 0.15) is 5.78 Å². The number of carbonyl (C=O) groups excluding carboxylic acids is 3. The van der Waals surface area contributed by atoms with Gasteiger partial charge in [-0.05, 0) is 0 Å². The van der Waals surface area contributed by atoms with Gasteiger partial charge in [-0.2, -0.15) is 0 Å². The molecule has 0 aliphatic carbocycles. The maximum absolute atomic E-state index is 11.5. The third-order valence-corrected chi connectivity index (χ3v) is 2.20. The van der Waals surface area contributed by atoms with Crippen molar-refractivity contribution in [3.05, 3.63) is 0 Å². The molecular weight excluding hydrogens is 214 g/mol. The molecular formula is C10H17NO5. The van der Waals surface area contributed by atoms with Crippen molar-refractivity contribution in [1.29, 1.82) is 0 Å². The Morgan fingerprint density at radius 1 is 1.25 bits per heavy atom. The van der Waals surface area contributed by atoms with Crippen LogP contribution in [-0.2, 0) is 24.0 Å². The van der Waals surface area contributed by atoms with Crippen LogP contribution >= 0.6 is 0 Å². The van der Waals surface area contributed by atoms with Gasteiger partial charge in [0.2, 0.25) is 0 Å². The Bertz CT molecular complexity index is 276. The van der Waals surface area contributed by atoms with Gasteiger partial charge in [0.05, 0.1) is 27.1 Å². The number of hydroxylamine groups is 2. The summed E-state index contributed by atoms with van der Waals surface area (Å²) < 4.78 is 4.43. The molecule has 0 radical (unpaired) electrons. The van der Waals surface area contributed by atoms with Gasteiger partial charge < -0.3 is 4.74 Å². The second kappa shape index (κ2) is 6.95. The lowest BCUT2D eigenvalue weighted by molar-refractivity contribution is -0.169. The maximum atomic E-state index is 11.5. The molecule has 0 aromatic heterocycles. The lowest BCUT2D eigenvalue weighted by atomic mass is 10.00. The average Bonchev–Trinajstić information content (AvgIpc) is 2.27. The monoisotopic (exact) mass is 231 g/mol. The molecule has 6 heteroatoms. The van der Waals surface area contributed by atoms with E-state index in [1.54, 1.807) is 6.92 Å². The van der Waals surface area contributed by atoms with Crippen molar-refractivity contribution in [3.63, 3.8) is 0 Å². The third-order valence-electron chi connectivity index (χ3n) is 2.20. The van der Waals surface area contributed by atoms with Gasteiger partial charge in [-0.25, -0.2) is 5.06 Å². The largest absolute Gasteiger partial charge is 0.469 e. The second-order valence-corrected chi connectivity index (χ2v) is 3.40. The molecule has 0 saturated carbocycles. The van der Waals surface area contributed by atoms with Gasteiger partial charge in [0.15, 0.2) is 0 Å². The highest BCUT2D eigenvalue weighted by molar-refractivity contribution is 5.99. The molecule has 6 nitrogen and oxygen atoms in total. The fraction of sp³-hybridized carbons (Fsp3) is 0.700. The quantitative estimate of drug-likeness (QED) is 0.370. The first-order valence-corrected chi connectivity index (χ1v) is 4.82. The second-order valence-electron chi connectivity index (χ2n) is 3.40. The van der Waals surface area contributed by atoms with E-state index in [0.29, 0.717) is 0 Å². The van der Waals surface area contributed by atoms with Crippen LogP contribution in [0.15, 0.2) is 0 Å². The van der Waals surface area contributed by atoms with Crippen molar-refractivity contribution in [3.8, 4) is 0 Å². The summed E-state index contributed by atoms with van der Waals surface area (Å²) in [6.45, 7) is 1.58. The van der Waals surface area contributed by atoms with E-state index in [9.17, 15) is 14.4 Å². The van der Waals surface area contributed by atoms with Crippen LogP contribution in [0.1, 0.15) is 19.8 Å². The molecule has 16 heavy (non-hydrogen) atoms. The number of hydrogen-bond donors (Lipinski definition) is 0. The van der Waals surface area contributed by atoms with Crippen molar-refractivity contribution >= 4 is 17.7 Å². The molecule has 0 aliphatic heterocycles. The smallest absolute Gasteiger partial charge is 0.306 e. The van der Waals surface area contributed by atoms with Gasteiger partial charge in [-0.1, -0.05) is 6.92 Å². The van der Waals surface area contributed by atoms with Crippen LogP contribution < -0.4 is 0 Å². The Hall–Kier alpha value is -1.43. The predicted molar refractivity (Wildman–Crippen MR) is 55.2 cm³/mol. The first-order valence-electron chi connectivity index (χ1n) is 4.82. The van der Waals surface area contributed by atoms with E-state index < -0.39 is 17.8 Å². The highest BCUT2D eigenvalue weighted by atomic mass is 16.7. The summed E-state index contributed by atoms with van der Waals surface area (Å²) in [5, 5.41) is 0.975. The highest BCUT2D eigenvalue weighted by Crippen LogP contribution is 2.08. The SMILES string of the molecule is COC(=O)C[C@H](C)C(=O)CC(=O)N(C)OC. The van der Waals surface area contributed by atoms with E-state index in [-0.39, 0.29) is 18.6 Å². The van der Waals surface area contributed by atoms with Crippen molar-refractivity contribution in [2.45, 2.75) is 19.8 Å². The number of carbonyl (C=O) groups is 3. The fourth-order valence-electron chi connectivity index (χ4n) is 0.984. The Morgan fingerprint density at radius 2 is 1.81 bits per heavy atom. The Morgan fingerprint density at radius 3 is 2.25 bits per heavy atom. The minimum atomic E-state index is -0.526. The number of rotatable bonds is 6. The number of ether oxygens (including phenoxy) is 1. The van der Waals surface area contributed by atoms with Crippen LogP contribution in [-0.4, -0.2) is 44.0 Å². The first kappa shape index (κ1) is 14.6. The Labute approximate surface area is 94.4 Å². The summed E-state index contributed by atoms with van der Waals surface area (Å²) in [6.07, 6.45) is -0.290. The standard InChI is InChI=1S/C10H17NO5/c1-7(5-10(14)15-3)8(12)6-9(13)11(2)16-4/h7H,5-6H2,1-4H3/t7-/m0/s1. The average molecular weight is 231 g/mol. The van der Waals surface area contributed by atoms with Crippen LogP contribution in [0.5, 0.6) is 0 Å². The minimum Gasteiger partial charge on any atom is -0.469 e. The van der Waals surface area contributed by atoms with Crippen molar-refractivity contribution in [2.75, 3.05) is 21.3 Å². The fourth-order valence-corrected chi connectivity index (χ4v) is 0.984. The predicted octanol–water partition coefficient (Wildman–Crippen LogP) is 0.165. The maximum Gasteiger partial charge on any atom is 0.306 e. The molecule has 0 fully saturated rings. The van der Waals surface area contributed by atoms with E-state index in [2.05, 4.69) is 9.57 Å². The van der Waals surface area contributed by atoms with Gasteiger partial charge >= 0.3 is 5.97 Å². The number of amides is 1. The third kappa shape index (κ3) is 4.88. The van der Waals surface area contributed by atoms with E-state index >= 15 is 0 Å². The number of nitrogens with zero attached hydrogens (tertiary/aromatic N) is 1.